The molecule has 1 N–H and O–H groups in total. The van der Waals surface area contributed by atoms with Crippen LogP contribution in [0.2, 0.25) is 0 Å². The summed E-state index contributed by atoms with van der Waals surface area (Å²) in [6.45, 7) is 0.122. The third-order valence-electron chi connectivity index (χ3n) is 1.85. The first-order chi connectivity index (χ1) is 6.75. The topological polar surface area (TPSA) is 23.5 Å². The van der Waals surface area contributed by atoms with Crippen molar-refractivity contribution in [3.63, 3.8) is 0 Å². The molecule has 0 saturated carbocycles. The fraction of sp³-hybridized carbons (Fsp3) is 0.333. The number of hydrogen-bond donors (Lipinski definition) is 1. The van der Waals surface area contributed by atoms with Gasteiger partial charge in [-0.3, -0.25) is 0 Å². The summed E-state index contributed by atoms with van der Waals surface area (Å²) < 4.78 is 0. The van der Waals surface area contributed by atoms with Crippen LogP contribution in [-0.4, -0.2) is 25.8 Å². The molecule has 0 atom stereocenters. The molecule has 1 rings (SSSR count). The highest BCUT2D eigenvalue weighted by Crippen LogP contribution is 2.16. The third-order valence-corrected chi connectivity index (χ3v) is 1.85. The van der Waals surface area contributed by atoms with Crippen molar-refractivity contribution in [2.45, 2.75) is 6.42 Å². The summed E-state index contributed by atoms with van der Waals surface area (Å²) in [6.07, 6.45) is 0.530. The van der Waals surface area contributed by atoms with Crippen LogP contribution < -0.4 is 4.90 Å². The Morgan fingerprint density at radius 1 is 1.29 bits per heavy atom. The lowest BCUT2D eigenvalue weighted by atomic mass is 10.1. The van der Waals surface area contributed by atoms with E-state index in [1.165, 1.54) is 0 Å². The first kappa shape index (κ1) is 10.6. The lowest BCUT2D eigenvalue weighted by Gasteiger charge is -2.13. The summed E-state index contributed by atoms with van der Waals surface area (Å²) in [5.74, 6) is 5.96. The Bertz CT molecular complexity index is 347. The van der Waals surface area contributed by atoms with E-state index in [1.807, 2.05) is 43.3 Å². The van der Waals surface area contributed by atoms with Crippen LogP contribution in [-0.2, 0) is 0 Å². The van der Waals surface area contributed by atoms with Crippen molar-refractivity contribution in [3.8, 4) is 11.8 Å². The number of aliphatic hydroxyl groups is 1. The van der Waals surface area contributed by atoms with Crippen molar-refractivity contribution in [3.05, 3.63) is 29.8 Å². The summed E-state index contributed by atoms with van der Waals surface area (Å²) >= 11 is 0. The number of nitrogens with zero attached hydrogens (tertiary/aromatic N) is 1. The molecule has 0 aliphatic heterocycles. The van der Waals surface area contributed by atoms with E-state index >= 15 is 0 Å². The Morgan fingerprint density at radius 2 is 2.00 bits per heavy atom. The minimum absolute atomic E-state index is 0.122. The molecule has 0 heterocycles. The Hall–Kier alpha value is -1.46. The van der Waals surface area contributed by atoms with Crippen molar-refractivity contribution >= 4 is 5.69 Å². The van der Waals surface area contributed by atoms with Gasteiger partial charge in [-0.15, -0.1) is 0 Å². The predicted octanol–water partition coefficient (Wildman–Crippen LogP) is 1.49. The second-order valence-electron chi connectivity index (χ2n) is 3.19. The molecule has 0 unspecified atom stereocenters. The summed E-state index contributed by atoms with van der Waals surface area (Å²) in [5, 5.41) is 8.61. The Balaban J connectivity index is 2.92. The van der Waals surface area contributed by atoms with Gasteiger partial charge in [0.2, 0.25) is 0 Å². The molecule has 0 bridgehead atoms. The number of para-hydroxylation sites is 1. The summed E-state index contributed by atoms with van der Waals surface area (Å²) in [6, 6.07) is 7.98. The lowest BCUT2D eigenvalue weighted by Crippen LogP contribution is -2.09. The number of benzene rings is 1. The highest BCUT2D eigenvalue weighted by molar-refractivity contribution is 5.59. The molecule has 74 valence electrons. The smallest absolute Gasteiger partial charge is 0.0540 e. The highest BCUT2D eigenvalue weighted by Gasteiger charge is 1.98. The highest BCUT2D eigenvalue weighted by atomic mass is 16.2. The normalized spacial score (nSPS) is 9.07. The van der Waals surface area contributed by atoms with E-state index in [2.05, 4.69) is 11.8 Å². The first-order valence-corrected chi connectivity index (χ1v) is 4.62. The van der Waals surface area contributed by atoms with Gasteiger partial charge in [0, 0.05) is 26.1 Å². The summed E-state index contributed by atoms with van der Waals surface area (Å²) in [5.41, 5.74) is 2.11. The molecule has 0 fully saturated rings. The maximum Gasteiger partial charge on any atom is 0.0540 e. The molecule has 2 nitrogen and oxygen atoms in total. The van der Waals surface area contributed by atoms with Crippen LogP contribution in [0.5, 0.6) is 0 Å². The van der Waals surface area contributed by atoms with Crippen LogP contribution in [0, 0.1) is 11.8 Å². The quantitative estimate of drug-likeness (QED) is 0.712. The third kappa shape index (κ3) is 2.79. The van der Waals surface area contributed by atoms with Crippen LogP contribution in [0.1, 0.15) is 12.0 Å². The van der Waals surface area contributed by atoms with Gasteiger partial charge < -0.3 is 10.0 Å². The van der Waals surface area contributed by atoms with Gasteiger partial charge in [0.1, 0.15) is 0 Å². The van der Waals surface area contributed by atoms with Gasteiger partial charge in [-0.1, -0.05) is 24.0 Å². The SMILES string of the molecule is CN(C)c1ccccc1C#CCCO. The average Bonchev–Trinajstić information content (AvgIpc) is 2.19. The minimum Gasteiger partial charge on any atom is -0.395 e. The largest absolute Gasteiger partial charge is 0.395 e. The molecule has 0 amide bonds. The van der Waals surface area contributed by atoms with Crippen LogP contribution in [0.15, 0.2) is 24.3 Å². The van der Waals surface area contributed by atoms with Gasteiger partial charge in [-0.2, -0.15) is 0 Å². The monoisotopic (exact) mass is 189 g/mol. The van der Waals surface area contributed by atoms with Crippen molar-refractivity contribution in [2.24, 2.45) is 0 Å². The van der Waals surface area contributed by atoms with E-state index in [-0.39, 0.29) is 6.61 Å². The molecule has 1 aromatic carbocycles. The average molecular weight is 189 g/mol. The van der Waals surface area contributed by atoms with E-state index in [4.69, 9.17) is 5.11 Å². The van der Waals surface area contributed by atoms with E-state index in [0.29, 0.717) is 6.42 Å². The fourth-order valence-corrected chi connectivity index (χ4v) is 1.18. The molecule has 2 heteroatoms. The second kappa shape index (κ2) is 5.31. The molecule has 0 radical (unpaired) electrons. The van der Waals surface area contributed by atoms with Crippen LogP contribution >= 0.6 is 0 Å². The van der Waals surface area contributed by atoms with Gasteiger partial charge >= 0.3 is 0 Å². The number of rotatable bonds is 2. The maximum atomic E-state index is 8.61. The maximum absolute atomic E-state index is 8.61. The van der Waals surface area contributed by atoms with Gasteiger partial charge in [-0.05, 0) is 12.1 Å². The molecule has 0 aliphatic rings. The van der Waals surface area contributed by atoms with Crippen molar-refractivity contribution in [1.82, 2.24) is 0 Å². The summed E-state index contributed by atoms with van der Waals surface area (Å²) in [4.78, 5) is 2.03. The van der Waals surface area contributed by atoms with Crippen LogP contribution in [0.4, 0.5) is 5.69 Å². The minimum atomic E-state index is 0.122. The first-order valence-electron chi connectivity index (χ1n) is 4.62. The second-order valence-corrected chi connectivity index (χ2v) is 3.19. The van der Waals surface area contributed by atoms with Gasteiger partial charge in [-0.25, -0.2) is 0 Å². The predicted molar refractivity (Wildman–Crippen MR) is 59.3 cm³/mol. The number of hydrogen-bond acceptors (Lipinski definition) is 2. The molecule has 0 spiro atoms. The zero-order valence-electron chi connectivity index (χ0n) is 8.62. The zero-order chi connectivity index (χ0) is 10.4. The molecule has 1 aromatic rings. The van der Waals surface area contributed by atoms with Crippen LogP contribution in [0.25, 0.3) is 0 Å². The van der Waals surface area contributed by atoms with Crippen molar-refractivity contribution < 1.29 is 5.11 Å². The van der Waals surface area contributed by atoms with Crippen molar-refractivity contribution in [2.75, 3.05) is 25.6 Å². The summed E-state index contributed by atoms with van der Waals surface area (Å²) in [7, 11) is 3.99. The van der Waals surface area contributed by atoms with Crippen molar-refractivity contribution in [1.29, 1.82) is 0 Å². The zero-order valence-corrected chi connectivity index (χ0v) is 8.62. The molecule has 0 saturated heterocycles. The van der Waals surface area contributed by atoms with E-state index in [0.717, 1.165) is 11.3 Å². The number of aliphatic hydroxyl groups excluding tert-OH is 1. The van der Waals surface area contributed by atoms with Gasteiger partial charge in [0.05, 0.1) is 12.3 Å². The lowest BCUT2D eigenvalue weighted by molar-refractivity contribution is 0.305. The number of anilines is 1. The fourth-order valence-electron chi connectivity index (χ4n) is 1.18. The van der Waals surface area contributed by atoms with Crippen LogP contribution in [0.3, 0.4) is 0 Å². The Labute approximate surface area is 85.2 Å². The molecular formula is C12H15NO. The van der Waals surface area contributed by atoms with E-state index < -0.39 is 0 Å². The van der Waals surface area contributed by atoms with E-state index in [9.17, 15) is 0 Å². The standard InChI is InChI=1S/C12H15NO/c1-13(2)12-9-4-3-7-11(12)8-5-6-10-14/h3-4,7,9,14H,6,10H2,1-2H3. The Morgan fingerprint density at radius 3 is 2.64 bits per heavy atom. The van der Waals surface area contributed by atoms with Gasteiger partial charge in [0.15, 0.2) is 0 Å². The molecule has 14 heavy (non-hydrogen) atoms. The molecular weight excluding hydrogens is 174 g/mol. The van der Waals surface area contributed by atoms with Gasteiger partial charge in [0.25, 0.3) is 0 Å². The van der Waals surface area contributed by atoms with E-state index in [1.54, 1.807) is 0 Å². The molecule has 0 aromatic heterocycles. The molecule has 0 aliphatic carbocycles. The Kier molecular flexibility index (Phi) is 4.03.